The molecule has 1 spiro atoms. The van der Waals surface area contributed by atoms with Gasteiger partial charge in [0, 0.05) is 75.6 Å². The van der Waals surface area contributed by atoms with E-state index in [-0.39, 0.29) is 40.7 Å². The predicted octanol–water partition coefficient (Wildman–Crippen LogP) is 4.34. The SMILES string of the molecule is Cc1cc(N2CCC3(CCN(C(=O)c4ccc([C@H]5C[C@@H](Nc6cnn(C)c(=O)c6C)CN(C)C5)cc4)CC3)CC2)ccc1C1CCC(=O)NC1=O. The minimum Gasteiger partial charge on any atom is -0.379 e. The van der Waals surface area contributed by atoms with Crippen molar-refractivity contribution in [2.75, 3.05) is 56.5 Å². The molecule has 1 unspecified atom stereocenters. The van der Waals surface area contributed by atoms with Crippen LogP contribution in [-0.4, -0.2) is 89.7 Å². The molecular weight excluding hydrogens is 642 g/mol. The highest BCUT2D eigenvalue weighted by atomic mass is 16.2. The normalized spacial score (nSPS) is 24.0. The van der Waals surface area contributed by atoms with Crippen molar-refractivity contribution in [1.82, 2.24) is 24.9 Å². The van der Waals surface area contributed by atoms with E-state index in [1.807, 2.05) is 24.0 Å². The first-order valence-corrected chi connectivity index (χ1v) is 18.5. The Balaban J connectivity index is 0.911. The van der Waals surface area contributed by atoms with Gasteiger partial charge in [0.2, 0.25) is 11.8 Å². The highest BCUT2D eigenvalue weighted by molar-refractivity contribution is 6.01. The fourth-order valence-corrected chi connectivity index (χ4v) is 8.92. The molecule has 11 heteroatoms. The number of likely N-dealkylation sites (N-methyl/N-ethyl adjacent to an activating group) is 1. The van der Waals surface area contributed by atoms with Crippen LogP contribution in [0.5, 0.6) is 0 Å². The summed E-state index contributed by atoms with van der Waals surface area (Å²) in [5.74, 6) is -0.194. The van der Waals surface area contributed by atoms with Gasteiger partial charge in [-0.25, -0.2) is 4.68 Å². The summed E-state index contributed by atoms with van der Waals surface area (Å²) in [7, 11) is 3.80. The van der Waals surface area contributed by atoms with Gasteiger partial charge in [-0.1, -0.05) is 18.2 Å². The van der Waals surface area contributed by atoms with Crippen LogP contribution >= 0.6 is 0 Å². The molecule has 3 aromatic rings. The van der Waals surface area contributed by atoms with Crippen LogP contribution in [0.4, 0.5) is 11.4 Å². The van der Waals surface area contributed by atoms with E-state index in [1.165, 1.54) is 15.9 Å². The van der Waals surface area contributed by atoms with Gasteiger partial charge in [0.05, 0.1) is 17.8 Å². The molecule has 51 heavy (non-hydrogen) atoms. The van der Waals surface area contributed by atoms with Gasteiger partial charge in [-0.05, 0) is 112 Å². The molecule has 0 saturated carbocycles. The molecule has 4 fully saturated rings. The number of nitrogens with one attached hydrogen (secondary N) is 2. The molecule has 0 aliphatic carbocycles. The average molecular weight is 694 g/mol. The lowest BCUT2D eigenvalue weighted by atomic mass is 9.71. The number of carbonyl (C=O) groups excluding carboxylic acids is 3. The summed E-state index contributed by atoms with van der Waals surface area (Å²) in [6.45, 7) is 9.28. The Labute approximate surface area is 300 Å². The third kappa shape index (κ3) is 7.31. The van der Waals surface area contributed by atoms with E-state index in [2.05, 4.69) is 69.8 Å². The maximum atomic E-state index is 13.6. The first-order chi connectivity index (χ1) is 24.5. The van der Waals surface area contributed by atoms with Crippen LogP contribution in [0.15, 0.2) is 53.5 Å². The fraction of sp³-hybridized carbons (Fsp3) is 0.525. The second kappa shape index (κ2) is 14.3. The van der Waals surface area contributed by atoms with Crippen molar-refractivity contribution in [2.45, 2.75) is 76.7 Å². The second-order valence-corrected chi connectivity index (χ2v) is 15.6. The molecule has 11 nitrogen and oxygen atoms in total. The maximum Gasteiger partial charge on any atom is 0.271 e. The Kier molecular flexibility index (Phi) is 9.76. The summed E-state index contributed by atoms with van der Waals surface area (Å²) >= 11 is 0. The van der Waals surface area contributed by atoms with Crippen LogP contribution in [-0.2, 0) is 16.6 Å². The molecule has 4 aliphatic heterocycles. The van der Waals surface area contributed by atoms with Gasteiger partial charge < -0.3 is 20.0 Å². The second-order valence-electron chi connectivity index (χ2n) is 15.6. The number of rotatable bonds is 6. The van der Waals surface area contributed by atoms with Crippen molar-refractivity contribution in [1.29, 1.82) is 0 Å². The summed E-state index contributed by atoms with van der Waals surface area (Å²) in [6, 6.07) is 14.8. The molecule has 0 bridgehead atoms. The first-order valence-electron chi connectivity index (χ1n) is 18.5. The summed E-state index contributed by atoms with van der Waals surface area (Å²) in [4.78, 5) is 56.9. The third-order valence-electron chi connectivity index (χ3n) is 12.2. The molecule has 3 atom stereocenters. The van der Waals surface area contributed by atoms with E-state index in [1.54, 1.807) is 13.2 Å². The first kappa shape index (κ1) is 34.9. The van der Waals surface area contributed by atoms with E-state index in [9.17, 15) is 19.2 Å². The van der Waals surface area contributed by atoms with E-state index in [0.29, 0.717) is 24.3 Å². The quantitative estimate of drug-likeness (QED) is 0.366. The zero-order valence-corrected chi connectivity index (χ0v) is 30.4. The topological polar surface area (TPSA) is 120 Å². The van der Waals surface area contributed by atoms with Gasteiger partial charge in [-0.3, -0.25) is 24.5 Å². The number of aromatic nitrogens is 2. The fourth-order valence-electron chi connectivity index (χ4n) is 8.92. The number of carbonyl (C=O) groups is 3. The third-order valence-corrected chi connectivity index (χ3v) is 12.2. The maximum absolute atomic E-state index is 13.6. The zero-order valence-electron chi connectivity index (χ0n) is 30.4. The highest BCUT2D eigenvalue weighted by Gasteiger charge is 2.39. The molecule has 1 aromatic heterocycles. The largest absolute Gasteiger partial charge is 0.379 e. The molecule has 5 heterocycles. The Morgan fingerprint density at radius 1 is 0.922 bits per heavy atom. The van der Waals surface area contributed by atoms with Crippen LogP contribution < -0.4 is 21.1 Å². The minimum absolute atomic E-state index is 0.0852. The lowest BCUT2D eigenvalue weighted by Gasteiger charge is -2.47. The number of benzene rings is 2. The predicted molar refractivity (Wildman–Crippen MR) is 198 cm³/mol. The Morgan fingerprint density at radius 2 is 1.63 bits per heavy atom. The molecular formula is C40H51N7O4. The summed E-state index contributed by atoms with van der Waals surface area (Å²) < 4.78 is 1.36. The van der Waals surface area contributed by atoms with Gasteiger partial charge >= 0.3 is 0 Å². The summed E-state index contributed by atoms with van der Waals surface area (Å²) in [5.41, 5.74) is 6.95. The van der Waals surface area contributed by atoms with Crippen LogP contribution in [0.2, 0.25) is 0 Å². The van der Waals surface area contributed by atoms with Crippen LogP contribution in [0.25, 0.3) is 0 Å². The molecule has 270 valence electrons. The smallest absolute Gasteiger partial charge is 0.271 e. The zero-order chi connectivity index (χ0) is 35.9. The van der Waals surface area contributed by atoms with Gasteiger partial charge in [-0.15, -0.1) is 0 Å². The molecule has 4 saturated heterocycles. The van der Waals surface area contributed by atoms with Gasteiger partial charge in [0.15, 0.2) is 0 Å². The van der Waals surface area contributed by atoms with Gasteiger partial charge in [0.25, 0.3) is 11.5 Å². The lowest BCUT2D eigenvalue weighted by Crippen LogP contribution is -2.48. The van der Waals surface area contributed by atoms with E-state index in [0.717, 1.165) is 93.8 Å². The van der Waals surface area contributed by atoms with Crippen LogP contribution in [0, 0.1) is 19.3 Å². The molecule has 3 amide bonds. The van der Waals surface area contributed by atoms with Crippen molar-refractivity contribution in [3.8, 4) is 0 Å². The number of imide groups is 1. The number of nitrogens with zero attached hydrogens (tertiary/aromatic N) is 5. The Bertz CT molecular complexity index is 1850. The number of likely N-dealkylation sites (tertiary alicyclic amines) is 2. The Morgan fingerprint density at radius 3 is 2.31 bits per heavy atom. The molecule has 2 N–H and O–H groups in total. The lowest BCUT2D eigenvalue weighted by molar-refractivity contribution is -0.134. The summed E-state index contributed by atoms with van der Waals surface area (Å²) in [6.07, 6.45) is 7.91. The standard InChI is InChI=1S/C40H51N7O4/c1-26-21-32(9-10-33(26)34-11-12-36(48)43-37(34)49)46-17-13-40(14-18-46)15-19-47(20-16-40)39(51)29-7-5-28(6-8-29)30-22-31(25-44(3)24-30)42-35-23-41-45(4)38(50)27(35)2/h5-10,21,23,30-31,34,42H,11-20,22,24-25H2,1-4H3,(H,43,48,49)/t30-,31+,34?/m0/s1. The van der Waals surface area contributed by atoms with Crippen molar-refractivity contribution < 1.29 is 14.4 Å². The number of hydrogen-bond donors (Lipinski definition) is 2. The van der Waals surface area contributed by atoms with Crippen molar-refractivity contribution in [2.24, 2.45) is 12.5 Å². The molecule has 7 rings (SSSR count). The van der Waals surface area contributed by atoms with Crippen molar-refractivity contribution in [3.63, 3.8) is 0 Å². The summed E-state index contributed by atoms with van der Waals surface area (Å²) in [5, 5.41) is 10.3. The van der Waals surface area contributed by atoms with E-state index in [4.69, 9.17) is 0 Å². The van der Waals surface area contributed by atoms with Crippen molar-refractivity contribution in [3.05, 3.63) is 86.8 Å². The van der Waals surface area contributed by atoms with E-state index >= 15 is 0 Å². The number of aryl methyl sites for hydroxylation is 2. The number of piperidine rings is 4. The van der Waals surface area contributed by atoms with Gasteiger partial charge in [-0.2, -0.15) is 5.10 Å². The Hall–Kier alpha value is -4.51. The molecule has 4 aliphatic rings. The minimum atomic E-state index is -0.260. The number of amides is 3. The van der Waals surface area contributed by atoms with Crippen LogP contribution in [0.1, 0.15) is 89.4 Å². The van der Waals surface area contributed by atoms with Gasteiger partial charge in [0.1, 0.15) is 0 Å². The molecule has 0 radical (unpaired) electrons. The van der Waals surface area contributed by atoms with Crippen molar-refractivity contribution >= 4 is 29.1 Å². The highest BCUT2D eigenvalue weighted by Crippen LogP contribution is 2.43. The van der Waals surface area contributed by atoms with Crippen LogP contribution in [0.3, 0.4) is 0 Å². The monoisotopic (exact) mass is 693 g/mol. The number of hydrogen-bond acceptors (Lipinski definition) is 8. The van der Waals surface area contributed by atoms with E-state index < -0.39 is 0 Å². The average Bonchev–Trinajstić information content (AvgIpc) is 3.12. The number of anilines is 2. The molecule has 2 aromatic carbocycles.